The van der Waals surface area contributed by atoms with Crippen molar-refractivity contribution >= 4 is 23.5 Å². The molecule has 0 atom stereocenters. The lowest BCUT2D eigenvalue weighted by atomic mass is 10.5. The fraction of sp³-hybridized carbons (Fsp3) is 1.00. The largest absolute Gasteiger partial charge is 0.391 e. The molecule has 0 saturated carbocycles. The van der Waals surface area contributed by atoms with Crippen molar-refractivity contribution in [2.45, 2.75) is 59.2 Å². The van der Waals surface area contributed by atoms with Gasteiger partial charge in [0.25, 0.3) is 0 Å². The first-order chi connectivity index (χ1) is 5.52. The lowest BCUT2D eigenvalue weighted by Crippen LogP contribution is -2.15. The molecule has 0 aliphatic heterocycles. The molecule has 0 spiro atoms. The van der Waals surface area contributed by atoms with Gasteiger partial charge in [-0.1, -0.05) is 42.5 Å². The van der Waals surface area contributed by atoms with Gasteiger partial charge in [-0.3, -0.25) is 0 Å². The number of hydrogen-bond acceptors (Lipinski definition) is 3. The fourth-order valence-corrected chi connectivity index (χ4v) is 2.25. The van der Waals surface area contributed by atoms with Gasteiger partial charge in [-0.05, 0) is 10.5 Å². The summed E-state index contributed by atoms with van der Waals surface area (Å²) in [5.74, 6) is 1.74. The van der Waals surface area contributed by atoms with Crippen molar-refractivity contribution in [2.24, 2.45) is 0 Å². The Bertz CT molecular complexity index is 93.5. The molecule has 0 aliphatic rings. The van der Waals surface area contributed by atoms with E-state index in [4.69, 9.17) is 0 Å². The molecule has 3 heteroatoms. The van der Waals surface area contributed by atoms with Gasteiger partial charge in [-0.15, -0.1) is 0 Å². The monoisotopic (exact) mass is 240 g/mol. The third-order valence-corrected chi connectivity index (χ3v) is 3.73. The Labute approximate surface area is 99.4 Å². The molecule has 0 amide bonds. The highest BCUT2D eigenvalue weighted by Gasteiger charge is 2.06. The summed E-state index contributed by atoms with van der Waals surface area (Å²) in [6, 6.07) is 0. The average molecular weight is 240 g/mol. The van der Waals surface area contributed by atoms with Gasteiger partial charge < -0.3 is 5.11 Å². The summed E-state index contributed by atoms with van der Waals surface area (Å²) in [5.41, 5.74) is 0. The summed E-state index contributed by atoms with van der Waals surface area (Å²) in [7, 11) is 0. The first-order valence-electron chi connectivity index (χ1n) is 4.43. The maximum Gasteiger partial charge on any atom is 0.0721 e. The zero-order valence-electron chi connectivity index (χ0n) is 8.41. The molecule has 0 radical (unpaired) electrons. The minimum atomic E-state index is -0.134. The van der Waals surface area contributed by atoms with Crippen LogP contribution in [0.1, 0.15) is 42.5 Å². The summed E-state index contributed by atoms with van der Waals surface area (Å²) in [6.45, 7) is 8.64. The van der Waals surface area contributed by atoms with Crippen LogP contribution in [0.15, 0.2) is 0 Å². The molecule has 0 aromatic carbocycles. The van der Waals surface area contributed by atoms with E-state index in [1.165, 1.54) is 0 Å². The molecular weight excluding hydrogens is 212 g/mol. The Morgan fingerprint density at radius 2 is 1.14 bits per heavy atom. The van der Waals surface area contributed by atoms with Crippen LogP contribution in [0.3, 0.4) is 0 Å². The number of hydrogen-bond donors (Lipinski definition) is 1. The van der Waals surface area contributed by atoms with Crippen LogP contribution < -0.4 is 0 Å². The van der Waals surface area contributed by atoms with Crippen LogP contribution in [-0.4, -0.2) is 33.2 Å². The van der Waals surface area contributed by atoms with Gasteiger partial charge in [-0.2, -0.15) is 23.5 Å². The van der Waals surface area contributed by atoms with E-state index in [1.807, 2.05) is 23.5 Å². The van der Waals surface area contributed by atoms with E-state index in [-0.39, 0.29) is 21.0 Å². The summed E-state index contributed by atoms with van der Waals surface area (Å²) in [5, 5.41) is 10.8. The van der Waals surface area contributed by atoms with Crippen molar-refractivity contribution < 1.29 is 5.11 Å². The zero-order valence-corrected chi connectivity index (χ0v) is 10.0. The number of aliphatic hydroxyl groups is 1. The van der Waals surface area contributed by atoms with Crippen LogP contribution >= 0.6 is 23.5 Å². The van der Waals surface area contributed by atoms with E-state index in [9.17, 15) is 5.11 Å². The molecule has 1 N–H and O–H groups in total. The summed E-state index contributed by atoms with van der Waals surface area (Å²) in [4.78, 5) is 0. The molecule has 0 unspecified atom stereocenters. The van der Waals surface area contributed by atoms with Crippen molar-refractivity contribution in [1.29, 1.82) is 0 Å². The van der Waals surface area contributed by atoms with Gasteiger partial charge in [0, 0.05) is 11.5 Å². The van der Waals surface area contributed by atoms with Gasteiger partial charge in [0.15, 0.2) is 0 Å². The molecule has 0 bridgehead atoms. The van der Waals surface area contributed by atoms with E-state index in [1.54, 1.807) is 0 Å². The lowest BCUT2D eigenvalue weighted by molar-refractivity contribution is 0.225. The first-order valence-corrected chi connectivity index (χ1v) is 6.53. The highest BCUT2D eigenvalue weighted by molar-refractivity contribution is 8.00. The maximum atomic E-state index is 9.51. The molecular formula is C11H28OS2. The van der Waals surface area contributed by atoms with Gasteiger partial charge in [0.2, 0.25) is 0 Å². The summed E-state index contributed by atoms with van der Waals surface area (Å²) < 4.78 is 0. The smallest absolute Gasteiger partial charge is 0.0721 e. The minimum absolute atomic E-state index is 0. The van der Waals surface area contributed by atoms with E-state index in [0.717, 1.165) is 11.5 Å². The summed E-state index contributed by atoms with van der Waals surface area (Å²) >= 11 is 3.66. The third kappa shape index (κ3) is 15.1. The average Bonchev–Trinajstić information content (AvgIpc) is 1.96. The molecule has 0 saturated heterocycles. The molecule has 1 nitrogen and oxygen atoms in total. The van der Waals surface area contributed by atoms with Gasteiger partial charge in [0.05, 0.1) is 6.10 Å². The van der Waals surface area contributed by atoms with Crippen molar-refractivity contribution in [1.82, 2.24) is 0 Å². The fourth-order valence-electron chi connectivity index (χ4n) is 0.655. The quantitative estimate of drug-likeness (QED) is 0.760. The molecule has 0 fully saturated rings. The van der Waals surface area contributed by atoms with Crippen molar-refractivity contribution in [3.05, 3.63) is 0 Å². The molecule has 0 aromatic heterocycles. The Kier molecular flexibility index (Phi) is 16.9. The van der Waals surface area contributed by atoms with Crippen molar-refractivity contribution in [2.75, 3.05) is 11.5 Å². The summed E-state index contributed by atoms with van der Waals surface area (Å²) in [6.07, 6.45) is -0.134. The molecule has 0 rings (SSSR count). The van der Waals surface area contributed by atoms with E-state index < -0.39 is 0 Å². The molecule has 0 aliphatic carbocycles. The Hall–Kier alpha value is 0.660. The number of thioether (sulfide) groups is 2. The standard InChI is InChI=1S/C9H20OS2.2CH4/c1-7(2)11-5-9(10)6-12-8(3)4;;/h7-10H,5-6H2,1-4H3;2*1H4. The third-order valence-electron chi connectivity index (χ3n) is 1.24. The van der Waals surface area contributed by atoms with Crippen molar-refractivity contribution in [3.8, 4) is 0 Å². The van der Waals surface area contributed by atoms with Gasteiger partial charge >= 0.3 is 0 Å². The van der Waals surface area contributed by atoms with Crippen LogP contribution in [0.5, 0.6) is 0 Å². The van der Waals surface area contributed by atoms with Crippen LogP contribution in [-0.2, 0) is 0 Å². The Balaban J connectivity index is -0.000000605. The highest BCUT2D eigenvalue weighted by Crippen LogP contribution is 2.15. The Morgan fingerprint density at radius 3 is 1.36 bits per heavy atom. The second-order valence-electron chi connectivity index (χ2n) is 3.42. The predicted octanol–water partition coefficient (Wildman–Crippen LogP) is 3.90. The molecule has 0 aromatic rings. The molecule has 0 heterocycles. The minimum Gasteiger partial charge on any atom is -0.391 e. The first kappa shape index (κ1) is 20.1. The predicted molar refractivity (Wildman–Crippen MR) is 74.7 cm³/mol. The van der Waals surface area contributed by atoms with Crippen LogP contribution in [0.4, 0.5) is 0 Å². The van der Waals surface area contributed by atoms with Crippen LogP contribution in [0.25, 0.3) is 0 Å². The van der Waals surface area contributed by atoms with Crippen LogP contribution in [0.2, 0.25) is 0 Å². The van der Waals surface area contributed by atoms with Crippen LogP contribution in [0, 0.1) is 0 Å². The molecule has 90 valence electrons. The second-order valence-corrected chi connectivity index (χ2v) is 6.64. The second kappa shape index (κ2) is 11.7. The number of aliphatic hydroxyl groups excluding tert-OH is 1. The normalized spacial score (nSPS) is 10.3. The zero-order chi connectivity index (χ0) is 9.56. The van der Waals surface area contributed by atoms with Gasteiger partial charge in [-0.25, -0.2) is 0 Å². The van der Waals surface area contributed by atoms with E-state index >= 15 is 0 Å². The lowest BCUT2D eigenvalue weighted by Gasteiger charge is -2.12. The van der Waals surface area contributed by atoms with E-state index in [0.29, 0.717) is 10.5 Å². The Morgan fingerprint density at radius 1 is 0.857 bits per heavy atom. The maximum absolute atomic E-state index is 9.51. The van der Waals surface area contributed by atoms with Crippen molar-refractivity contribution in [3.63, 3.8) is 0 Å². The SMILES string of the molecule is C.C.CC(C)SCC(O)CSC(C)C. The molecule has 14 heavy (non-hydrogen) atoms. The van der Waals surface area contributed by atoms with E-state index in [2.05, 4.69) is 27.7 Å². The topological polar surface area (TPSA) is 20.2 Å². The highest BCUT2D eigenvalue weighted by atomic mass is 32.2. The van der Waals surface area contributed by atoms with Gasteiger partial charge in [0.1, 0.15) is 0 Å². The number of rotatable bonds is 6.